The van der Waals surface area contributed by atoms with Crippen molar-refractivity contribution in [3.05, 3.63) is 33.9 Å². The van der Waals surface area contributed by atoms with Crippen molar-refractivity contribution in [3.8, 4) is 0 Å². The summed E-state index contributed by atoms with van der Waals surface area (Å²) < 4.78 is 13.9. The van der Waals surface area contributed by atoms with E-state index in [1.807, 2.05) is 0 Å². The van der Waals surface area contributed by atoms with Gasteiger partial charge in [-0.25, -0.2) is 4.39 Å². The zero-order chi connectivity index (χ0) is 13.1. The lowest BCUT2D eigenvalue weighted by molar-refractivity contribution is -0.385. The molecule has 1 aromatic heterocycles. The van der Waals surface area contributed by atoms with Gasteiger partial charge in [-0.05, 0) is 32.7 Å². The van der Waals surface area contributed by atoms with Crippen LogP contribution in [0.1, 0.15) is 37.8 Å². The van der Waals surface area contributed by atoms with Gasteiger partial charge >= 0.3 is 0 Å². The molecule has 1 N–H and O–H groups in total. The Morgan fingerprint density at radius 2 is 2.39 bits per heavy atom. The fourth-order valence-corrected chi connectivity index (χ4v) is 2.41. The van der Waals surface area contributed by atoms with Crippen LogP contribution >= 0.6 is 0 Å². The molecule has 6 heteroatoms. The SMILES string of the molecule is C[C@H]1CC(c2ncc([N+](=O)[O-])cc2F)CCCN1. The lowest BCUT2D eigenvalue weighted by Gasteiger charge is -2.16. The fourth-order valence-electron chi connectivity index (χ4n) is 2.41. The van der Waals surface area contributed by atoms with Crippen molar-refractivity contribution in [1.82, 2.24) is 10.3 Å². The Bertz CT molecular complexity index is 453. The van der Waals surface area contributed by atoms with E-state index in [4.69, 9.17) is 0 Å². The standard InChI is InChI=1S/C12H16FN3O2/c1-8-5-9(3-2-4-14-8)12-11(13)6-10(7-15-12)16(17)18/h6-9,14H,2-5H2,1H3/t8-,9?/m0/s1. The van der Waals surface area contributed by atoms with Gasteiger partial charge in [-0.2, -0.15) is 0 Å². The molecule has 2 heterocycles. The summed E-state index contributed by atoms with van der Waals surface area (Å²) in [6.45, 7) is 2.98. The first-order valence-electron chi connectivity index (χ1n) is 6.11. The lowest BCUT2D eigenvalue weighted by Crippen LogP contribution is -2.25. The second kappa shape index (κ2) is 5.39. The molecule has 0 radical (unpaired) electrons. The quantitative estimate of drug-likeness (QED) is 0.649. The normalized spacial score (nSPS) is 24.6. The Kier molecular flexibility index (Phi) is 3.86. The molecule has 0 spiro atoms. The van der Waals surface area contributed by atoms with Gasteiger partial charge in [-0.15, -0.1) is 0 Å². The van der Waals surface area contributed by atoms with Crippen LogP contribution in [-0.2, 0) is 0 Å². The molecule has 1 unspecified atom stereocenters. The average molecular weight is 253 g/mol. The molecular weight excluding hydrogens is 237 g/mol. The van der Waals surface area contributed by atoms with Gasteiger partial charge in [0.2, 0.25) is 0 Å². The van der Waals surface area contributed by atoms with E-state index in [-0.39, 0.29) is 11.6 Å². The molecule has 1 aliphatic heterocycles. The third kappa shape index (κ3) is 2.81. The summed E-state index contributed by atoms with van der Waals surface area (Å²) in [5.41, 5.74) is 0.0622. The zero-order valence-electron chi connectivity index (χ0n) is 10.2. The Balaban J connectivity index is 2.24. The molecule has 1 aliphatic rings. The minimum atomic E-state index is -0.628. The van der Waals surface area contributed by atoms with Gasteiger partial charge < -0.3 is 5.32 Å². The summed E-state index contributed by atoms with van der Waals surface area (Å²) in [6.07, 6.45) is 3.77. The highest BCUT2D eigenvalue weighted by Gasteiger charge is 2.23. The molecule has 0 bridgehead atoms. The van der Waals surface area contributed by atoms with E-state index in [0.29, 0.717) is 11.7 Å². The van der Waals surface area contributed by atoms with E-state index < -0.39 is 10.7 Å². The Morgan fingerprint density at radius 1 is 1.61 bits per heavy atom. The molecule has 98 valence electrons. The van der Waals surface area contributed by atoms with E-state index in [0.717, 1.165) is 38.1 Å². The summed E-state index contributed by atoms with van der Waals surface area (Å²) in [5, 5.41) is 13.9. The summed E-state index contributed by atoms with van der Waals surface area (Å²) in [4.78, 5) is 13.9. The third-order valence-electron chi connectivity index (χ3n) is 3.31. The fraction of sp³-hybridized carbons (Fsp3) is 0.583. The Morgan fingerprint density at radius 3 is 3.06 bits per heavy atom. The van der Waals surface area contributed by atoms with Crippen LogP contribution in [0.3, 0.4) is 0 Å². The summed E-state index contributed by atoms with van der Waals surface area (Å²) in [7, 11) is 0. The number of hydrogen-bond acceptors (Lipinski definition) is 4. The van der Waals surface area contributed by atoms with Crippen LogP contribution in [0.2, 0.25) is 0 Å². The summed E-state index contributed by atoms with van der Waals surface area (Å²) >= 11 is 0. The highest BCUT2D eigenvalue weighted by molar-refractivity contribution is 5.29. The molecule has 5 nitrogen and oxygen atoms in total. The number of rotatable bonds is 2. The number of nitrogens with zero attached hydrogens (tertiary/aromatic N) is 2. The Hall–Kier alpha value is -1.56. The van der Waals surface area contributed by atoms with Crippen LogP contribution in [0.25, 0.3) is 0 Å². The Labute approximate surface area is 105 Å². The van der Waals surface area contributed by atoms with Crippen LogP contribution in [0.5, 0.6) is 0 Å². The summed E-state index contributed by atoms with van der Waals surface area (Å²) in [6, 6.07) is 1.28. The zero-order valence-corrected chi connectivity index (χ0v) is 10.2. The monoisotopic (exact) mass is 253 g/mol. The van der Waals surface area contributed by atoms with Gasteiger partial charge in [0.05, 0.1) is 16.7 Å². The molecule has 18 heavy (non-hydrogen) atoms. The predicted octanol–water partition coefficient (Wildman–Crippen LogP) is 2.37. The number of nitrogens with one attached hydrogen (secondary N) is 1. The van der Waals surface area contributed by atoms with Gasteiger partial charge in [0.25, 0.3) is 5.69 Å². The molecule has 1 fully saturated rings. The molecule has 0 amide bonds. The van der Waals surface area contributed by atoms with Crippen LogP contribution in [0, 0.1) is 15.9 Å². The largest absolute Gasteiger partial charge is 0.314 e. The maximum absolute atomic E-state index is 13.9. The van der Waals surface area contributed by atoms with Crippen LogP contribution < -0.4 is 5.32 Å². The lowest BCUT2D eigenvalue weighted by atomic mass is 9.93. The minimum absolute atomic E-state index is 0.0378. The first kappa shape index (κ1) is 12.9. The highest BCUT2D eigenvalue weighted by Crippen LogP contribution is 2.29. The van der Waals surface area contributed by atoms with Gasteiger partial charge in [-0.3, -0.25) is 15.1 Å². The van der Waals surface area contributed by atoms with Gasteiger partial charge in [0.15, 0.2) is 5.82 Å². The molecule has 2 atom stereocenters. The number of pyridine rings is 1. The second-order valence-electron chi connectivity index (χ2n) is 4.75. The van der Waals surface area contributed by atoms with Crippen molar-refractivity contribution in [1.29, 1.82) is 0 Å². The van der Waals surface area contributed by atoms with Gasteiger partial charge in [0, 0.05) is 12.0 Å². The molecular formula is C12H16FN3O2. The second-order valence-corrected chi connectivity index (χ2v) is 4.75. The van der Waals surface area contributed by atoms with E-state index >= 15 is 0 Å². The van der Waals surface area contributed by atoms with E-state index in [9.17, 15) is 14.5 Å². The molecule has 1 saturated heterocycles. The number of hydrogen-bond donors (Lipinski definition) is 1. The minimum Gasteiger partial charge on any atom is -0.314 e. The van der Waals surface area contributed by atoms with Gasteiger partial charge in [-0.1, -0.05) is 0 Å². The third-order valence-corrected chi connectivity index (χ3v) is 3.31. The van der Waals surface area contributed by atoms with Crippen LogP contribution in [-0.4, -0.2) is 22.5 Å². The first-order chi connectivity index (χ1) is 8.58. The van der Waals surface area contributed by atoms with Crippen molar-refractivity contribution < 1.29 is 9.31 Å². The molecule has 0 saturated carbocycles. The van der Waals surface area contributed by atoms with Crippen molar-refractivity contribution in [2.45, 2.75) is 38.1 Å². The first-order valence-corrected chi connectivity index (χ1v) is 6.11. The van der Waals surface area contributed by atoms with E-state index in [1.165, 1.54) is 0 Å². The van der Waals surface area contributed by atoms with Crippen molar-refractivity contribution in [3.63, 3.8) is 0 Å². The summed E-state index contributed by atoms with van der Waals surface area (Å²) in [5.74, 6) is -0.529. The maximum Gasteiger partial charge on any atom is 0.290 e. The van der Waals surface area contributed by atoms with Gasteiger partial charge in [0.1, 0.15) is 6.20 Å². The molecule has 1 aromatic rings. The number of halogens is 1. The molecule has 0 aliphatic carbocycles. The topological polar surface area (TPSA) is 68.1 Å². The van der Waals surface area contributed by atoms with Crippen LogP contribution in [0.4, 0.5) is 10.1 Å². The molecule has 2 rings (SSSR count). The van der Waals surface area contributed by atoms with E-state index in [1.54, 1.807) is 0 Å². The van der Waals surface area contributed by atoms with E-state index in [2.05, 4.69) is 17.2 Å². The average Bonchev–Trinajstić information content (AvgIpc) is 2.53. The number of nitro groups is 1. The van der Waals surface area contributed by atoms with Crippen molar-refractivity contribution >= 4 is 5.69 Å². The van der Waals surface area contributed by atoms with Crippen LogP contribution in [0.15, 0.2) is 12.3 Å². The highest BCUT2D eigenvalue weighted by atomic mass is 19.1. The molecule has 0 aromatic carbocycles. The number of aromatic nitrogens is 1. The maximum atomic E-state index is 13.9. The smallest absolute Gasteiger partial charge is 0.290 e. The van der Waals surface area contributed by atoms with Crippen molar-refractivity contribution in [2.75, 3.05) is 6.54 Å². The van der Waals surface area contributed by atoms with Crippen molar-refractivity contribution in [2.24, 2.45) is 0 Å². The predicted molar refractivity (Wildman–Crippen MR) is 64.9 cm³/mol.